The second-order valence-corrected chi connectivity index (χ2v) is 11.3. The van der Waals surface area contributed by atoms with E-state index in [2.05, 4.69) is 106 Å². The van der Waals surface area contributed by atoms with Gasteiger partial charge in [-0.3, -0.25) is 0 Å². The first-order chi connectivity index (χ1) is 16.1. The quantitative estimate of drug-likeness (QED) is 0.356. The summed E-state index contributed by atoms with van der Waals surface area (Å²) in [7, 11) is -0.756. The number of rotatable bonds is 3. The van der Waals surface area contributed by atoms with Gasteiger partial charge in [0.05, 0.1) is 0 Å². The fraction of sp³-hybridized carbons (Fsp3) is 0.200. The first kappa shape index (κ1) is 20.5. The predicted molar refractivity (Wildman–Crippen MR) is 137 cm³/mol. The maximum atomic E-state index is 6.65. The second-order valence-electron chi connectivity index (χ2n) is 9.16. The molecule has 0 N–H and O–H groups in total. The Morgan fingerprint density at radius 2 is 1.21 bits per heavy atom. The van der Waals surface area contributed by atoms with E-state index >= 15 is 0 Å². The summed E-state index contributed by atoms with van der Waals surface area (Å²) in [5, 5.41) is 3.95. The van der Waals surface area contributed by atoms with E-state index in [-0.39, 0.29) is 6.29 Å². The van der Waals surface area contributed by atoms with Gasteiger partial charge in [-0.25, -0.2) is 0 Å². The highest BCUT2D eigenvalue weighted by Gasteiger charge is 2.40. The van der Waals surface area contributed by atoms with E-state index in [1.54, 1.807) is 0 Å². The van der Waals surface area contributed by atoms with Crippen LogP contribution < -0.4 is 25.4 Å². The molecule has 2 nitrogen and oxygen atoms in total. The molecule has 4 aromatic rings. The lowest BCUT2D eigenvalue weighted by atomic mass is 9.82. The van der Waals surface area contributed by atoms with Crippen molar-refractivity contribution in [1.29, 1.82) is 0 Å². The maximum absolute atomic E-state index is 6.65. The molecule has 0 amide bonds. The summed E-state index contributed by atoms with van der Waals surface area (Å²) in [6.45, 7) is 6.52. The van der Waals surface area contributed by atoms with Crippen LogP contribution in [0, 0.1) is 20.8 Å². The van der Waals surface area contributed by atoms with Crippen LogP contribution in [0.4, 0.5) is 0 Å². The highest BCUT2D eigenvalue weighted by Crippen LogP contribution is 2.51. The van der Waals surface area contributed by atoms with Crippen LogP contribution in [0.15, 0.2) is 84.9 Å². The Kier molecular flexibility index (Phi) is 5.00. The lowest BCUT2D eigenvalue weighted by Gasteiger charge is -2.40. The number of hydrogen-bond acceptors (Lipinski definition) is 2. The number of fused-ring (bicyclic) bond motifs is 6. The number of benzene rings is 4. The van der Waals surface area contributed by atoms with Crippen molar-refractivity contribution in [3.63, 3.8) is 0 Å². The van der Waals surface area contributed by atoms with E-state index in [4.69, 9.17) is 9.47 Å². The molecule has 2 aliphatic heterocycles. The Morgan fingerprint density at radius 3 is 1.85 bits per heavy atom. The Morgan fingerprint density at radius 1 is 0.667 bits per heavy atom. The van der Waals surface area contributed by atoms with Crippen LogP contribution in [-0.4, -0.2) is 6.29 Å². The molecule has 3 heteroatoms. The summed E-state index contributed by atoms with van der Waals surface area (Å²) in [6, 6.07) is 30.9. The Hall–Kier alpha value is -3.09. The molecular weight excluding hydrogens is 423 g/mol. The summed E-state index contributed by atoms with van der Waals surface area (Å²) in [5.74, 6) is 2.32. The SMILES string of the molecule is Cc1cc(C)c2c(c1)C1CC(O2)Oc2c1cc(C)cc2P(c1ccccc1)c1ccccc1. The Balaban J connectivity index is 1.58. The van der Waals surface area contributed by atoms with E-state index in [0.717, 1.165) is 17.9 Å². The van der Waals surface area contributed by atoms with E-state index in [1.807, 2.05) is 0 Å². The first-order valence-corrected chi connectivity index (χ1v) is 12.9. The van der Waals surface area contributed by atoms with Crippen molar-refractivity contribution in [2.24, 2.45) is 0 Å². The minimum atomic E-state index is -0.756. The third-order valence-electron chi connectivity index (χ3n) is 6.64. The Labute approximate surface area is 197 Å². The second kappa shape index (κ2) is 8.04. The molecule has 164 valence electrons. The van der Waals surface area contributed by atoms with Crippen LogP contribution in [0.1, 0.15) is 40.2 Å². The van der Waals surface area contributed by atoms with Gasteiger partial charge in [-0.1, -0.05) is 84.4 Å². The zero-order valence-electron chi connectivity index (χ0n) is 19.2. The van der Waals surface area contributed by atoms with E-state index in [9.17, 15) is 0 Å². The summed E-state index contributed by atoms with van der Waals surface area (Å²) < 4.78 is 13.1. The topological polar surface area (TPSA) is 18.5 Å². The van der Waals surface area contributed by atoms with Crippen molar-refractivity contribution in [2.75, 3.05) is 0 Å². The van der Waals surface area contributed by atoms with Crippen LogP contribution >= 0.6 is 7.92 Å². The molecule has 2 heterocycles. The molecule has 33 heavy (non-hydrogen) atoms. The van der Waals surface area contributed by atoms with Crippen molar-refractivity contribution in [3.8, 4) is 11.5 Å². The van der Waals surface area contributed by atoms with E-state index in [1.165, 1.54) is 43.7 Å². The third kappa shape index (κ3) is 3.54. The van der Waals surface area contributed by atoms with Gasteiger partial charge in [0.2, 0.25) is 6.29 Å². The molecule has 0 saturated heterocycles. The minimum Gasteiger partial charge on any atom is -0.454 e. The Bertz CT molecular complexity index is 1290. The van der Waals surface area contributed by atoms with Crippen LogP contribution in [-0.2, 0) is 0 Å². The molecule has 4 aromatic carbocycles. The number of aryl methyl sites for hydroxylation is 3. The van der Waals surface area contributed by atoms with Crippen LogP contribution in [0.2, 0.25) is 0 Å². The van der Waals surface area contributed by atoms with Gasteiger partial charge >= 0.3 is 0 Å². The van der Waals surface area contributed by atoms with Crippen molar-refractivity contribution in [2.45, 2.75) is 39.4 Å². The molecule has 2 aliphatic rings. The van der Waals surface area contributed by atoms with Gasteiger partial charge in [0.15, 0.2) is 0 Å². The van der Waals surface area contributed by atoms with Crippen LogP contribution in [0.5, 0.6) is 11.5 Å². The molecule has 6 rings (SSSR count). The molecule has 0 fully saturated rings. The van der Waals surface area contributed by atoms with E-state index < -0.39 is 7.92 Å². The largest absolute Gasteiger partial charge is 0.454 e. The van der Waals surface area contributed by atoms with Crippen LogP contribution in [0.25, 0.3) is 0 Å². The van der Waals surface area contributed by atoms with Crippen molar-refractivity contribution < 1.29 is 9.47 Å². The van der Waals surface area contributed by atoms with Gasteiger partial charge in [-0.05, 0) is 56.5 Å². The highest BCUT2D eigenvalue weighted by atomic mass is 31.1. The first-order valence-electron chi connectivity index (χ1n) is 11.6. The summed E-state index contributed by atoms with van der Waals surface area (Å²) in [4.78, 5) is 0. The van der Waals surface area contributed by atoms with Crippen molar-refractivity contribution in [3.05, 3.63) is 113 Å². The van der Waals surface area contributed by atoms with Gasteiger partial charge in [-0.2, -0.15) is 0 Å². The average Bonchev–Trinajstić information content (AvgIpc) is 2.82. The summed E-state index contributed by atoms with van der Waals surface area (Å²) in [5.41, 5.74) is 6.35. The number of hydrogen-bond donors (Lipinski definition) is 0. The predicted octanol–water partition coefficient (Wildman–Crippen LogP) is 6.00. The summed E-state index contributed by atoms with van der Waals surface area (Å²) in [6.07, 6.45) is 0.613. The van der Waals surface area contributed by atoms with Gasteiger partial charge in [0.25, 0.3) is 0 Å². The standard InChI is InChI=1S/C30H27O2P/c1-19-14-21(3)29-25(15-19)24-18-28(31-29)32-30-26(24)16-20(2)17-27(30)33(22-10-6-4-7-11-22)23-12-8-5-9-13-23/h4-17,24,28H,18H2,1-3H3. The van der Waals surface area contributed by atoms with E-state index in [0.29, 0.717) is 5.92 Å². The maximum Gasteiger partial charge on any atom is 0.242 e. The molecule has 0 radical (unpaired) electrons. The van der Waals surface area contributed by atoms with Crippen molar-refractivity contribution >= 4 is 23.8 Å². The smallest absolute Gasteiger partial charge is 0.242 e. The monoisotopic (exact) mass is 450 g/mol. The van der Waals surface area contributed by atoms with Gasteiger partial charge < -0.3 is 9.47 Å². The molecular formula is C30H27O2P. The highest BCUT2D eigenvalue weighted by molar-refractivity contribution is 7.80. The summed E-state index contributed by atoms with van der Waals surface area (Å²) >= 11 is 0. The lowest BCUT2D eigenvalue weighted by molar-refractivity contribution is -0.0261. The average molecular weight is 451 g/mol. The fourth-order valence-electron chi connectivity index (χ4n) is 5.32. The normalized spacial score (nSPS) is 18.2. The lowest BCUT2D eigenvalue weighted by Crippen LogP contribution is -2.38. The molecule has 0 saturated carbocycles. The molecule has 2 unspecified atom stereocenters. The molecule has 0 spiro atoms. The fourth-order valence-corrected chi connectivity index (χ4v) is 7.83. The molecule has 0 aliphatic carbocycles. The molecule has 2 atom stereocenters. The van der Waals surface area contributed by atoms with Gasteiger partial charge in [0, 0.05) is 28.8 Å². The third-order valence-corrected chi connectivity index (χ3v) is 9.08. The van der Waals surface area contributed by atoms with Gasteiger partial charge in [-0.15, -0.1) is 0 Å². The zero-order chi connectivity index (χ0) is 22.5. The molecule has 0 aromatic heterocycles. The van der Waals surface area contributed by atoms with Crippen molar-refractivity contribution in [1.82, 2.24) is 0 Å². The number of ether oxygens (including phenoxy) is 2. The zero-order valence-corrected chi connectivity index (χ0v) is 20.1. The minimum absolute atomic E-state index is 0.249. The molecule has 2 bridgehead atoms. The van der Waals surface area contributed by atoms with Crippen LogP contribution in [0.3, 0.4) is 0 Å². The van der Waals surface area contributed by atoms with Gasteiger partial charge in [0.1, 0.15) is 11.5 Å².